The van der Waals surface area contributed by atoms with Gasteiger partial charge in [-0.3, -0.25) is 35.9 Å². The number of rotatable bonds is 7. The number of nitrogens with zero attached hydrogens (tertiary/aromatic N) is 1. The molecule has 2 aromatic rings. The van der Waals surface area contributed by atoms with Gasteiger partial charge >= 0.3 is 0 Å². The van der Waals surface area contributed by atoms with E-state index in [0.717, 1.165) is 6.07 Å². The fourth-order valence-corrected chi connectivity index (χ4v) is 2.31. The molecule has 2 amide bonds. The molecule has 11 heteroatoms. The normalized spacial score (nSPS) is 9.97. The molecule has 0 heterocycles. The summed E-state index contributed by atoms with van der Waals surface area (Å²) in [5, 5.41) is 13.0. The predicted molar refractivity (Wildman–Crippen MR) is 108 cm³/mol. The smallest absolute Gasteiger partial charge is 0.270 e. The van der Waals surface area contributed by atoms with Crippen LogP contribution in [-0.4, -0.2) is 42.2 Å². The van der Waals surface area contributed by atoms with E-state index in [1.165, 1.54) is 25.3 Å². The fraction of sp³-hybridized carbons (Fsp3) is 0.167. The Labute approximate surface area is 171 Å². The molecule has 0 aliphatic rings. The molecule has 152 valence electrons. The summed E-state index contributed by atoms with van der Waals surface area (Å²) in [6.07, 6.45) is 0. The lowest BCUT2D eigenvalue weighted by Crippen LogP contribution is -2.48. The molecule has 0 saturated carbocycles. The zero-order valence-corrected chi connectivity index (χ0v) is 16.2. The van der Waals surface area contributed by atoms with Crippen molar-refractivity contribution in [1.29, 1.82) is 0 Å². The van der Waals surface area contributed by atoms with E-state index in [1.54, 1.807) is 24.3 Å². The molecule has 0 unspecified atom stereocenters. The highest BCUT2D eigenvalue weighted by Gasteiger charge is 2.15. The van der Waals surface area contributed by atoms with E-state index in [2.05, 4.69) is 16.2 Å². The molecule has 0 bridgehead atoms. The van der Waals surface area contributed by atoms with Crippen molar-refractivity contribution in [1.82, 2.24) is 16.2 Å². The predicted octanol–water partition coefficient (Wildman–Crippen LogP) is 1.57. The molecule has 10 nitrogen and oxygen atoms in total. The SMILES string of the molecule is COCCOc1ccccc1C(=O)NC(=S)NNC(=O)c1cccc([N+](=O)[O-])c1. The summed E-state index contributed by atoms with van der Waals surface area (Å²) in [6.45, 7) is 0.627. The van der Waals surface area contributed by atoms with E-state index in [1.807, 2.05) is 0 Å². The maximum absolute atomic E-state index is 12.4. The first-order valence-corrected chi connectivity index (χ1v) is 8.70. The number of carbonyl (C=O) groups is 2. The Morgan fingerprint density at radius 2 is 1.83 bits per heavy atom. The van der Waals surface area contributed by atoms with Crippen LogP contribution in [0.25, 0.3) is 0 Å². The van der Waals surface area contributed by atoms with E-state index < -0.39 is 16.7 Å². The number of ether oxygens (including phenoxy) is 2. The molecule has 0 aliphatic carbocycles. The number of amides is 2. The van der Waals surface area contributed by atoms with Gasteiger partial charge in [-0.2, -0.15) is 0 Å². The molecular weight excluding hydrogens is 400 g/mol. The molecule has 0 saturated heterocycles. The van der Waals surface area contributed by atoms with Crippen molar-refractivity contribution in [3.63, 3.8) is 0 Å². The Kier molecular flexibility index (Phi) is 8.00. The van der Waals surface area contributed by atoms with Crippen LogP contribution in [0.2, 0.25) is 0 Å². The van der Waals surface area contributed by atoms with Crippen LogP contribution < -0.4 is 20.9 Å². The third-order valence-electron chi connectivity index (χ3n) is 3.51. The fourth-order valence-electron chi connectivity index (χ4n) is 2.16. The van der Waals surface area contributed by atoms with Crippen molar-refractivity contribution >= 4 is 34.8 Å². The van der Waals surface area contributed by atoms with Crippen LogP contribution in [-0.2, 0) is 4.74 Å². The number of methoxy groups -OCH3 is 1. The Balaban J connectivity index is 1.92. The Hall–Kier alpha value is -3.57. The number of nitrogens with one attached hydrogen (secondary N) is 3. The Bertz CT molecular complexity index is 921. The van der Waals surface area contributed by atoms with Crippen LogP contribution in [0, 0.1) is 10.1 Å². The van der Waals surface area contributed by atoms with Crippen LogP contribution in [0.4, 0.5) is 5.69 Å². The van der Waals surface area contributed by atoms with Crippen LogP contribution in [0.3, 0.4) is 0 Å². The van der Waals surface area contributed by atoms with Crippen molar-refractivity contribution in [2.45, 2.75) is 0 Å². The number of nitro benzene ring substituents is 1. The largest absolute Gasteiger partial charge is 0.490 e. The van der Waals surface area contributed by atoms with Crippen molar-refractivity contribution in [2.24, 2.45) is 0 Å². The number of hydrogen-bond donors (Lipinski definition) is 3. The summed E-state index contributed by atoms with van der Waals surface area (Å²) in [7, 11) is 1.54. The number of para-hydroxylation sites is 1. The number of hydrogen-bond acceptors (Lipinski definition) is 7. The standard InChI is InChI=1S/C18H18N4O6S/c1-27-9-10-28-15-8-3-2-7-14(15)17(24)19-18(29)21-20-16(23)12-5-4-6-13(11-12)22(25)26/h2-8,11H,9-10H2,1H3,(H,20,23)(H2,19,21,24,29). The molecule has 29 heavy (non-hydrogen) atoms. The molecule has 0 spiro atoms. The molecule has 0 aliphatic heterocycles. The average molecular weight is 418 g/mol. The first kappa shape index (κ1) is 21.7. The highest BCUT2D eigenvalue weighted by atomic mass is 32.1. The zero-order valence-electron chi connectivity index (χ0n) is 15.3. The second-order valence-corrected chi connectivity index (χ2v) is 5.92. The van der Waals surface area contributed by atoms with Gasteiger partial charge in [-0.15, -0.1) is 0 Å². The minimum absolute atomic E-state index is 0.0534. The molecule has 0 fully saturated rings. The van der Waals surface area contributed by atoms with Gasteiger partial charge in [0.1, 0.15) is 12.4 Å². The van der Waals surface area contributed by atoms with Crippen molar-refractivity contribution in [2.75, 3.05) is 20.3 Å². The van der Waals surface area contributed by atoms with Crippen molar-refractivity contribution < 1.29 is 24.0 Å². The number of hydrazine groups is 1. The van der Waals surface area contributed by atoms with Gasteiger partial charge in [0.05, 0.1) is 17.1 Å². The first-order chi connectivity index (χ1) is 13.9. The summed E-state index contributed by atoms with van der Waals surface area (Å²) < 4.78 is 10.4. The molecule has 2 rings (SSSR count). The number of thiocarbonyl (C=S) groups is 1. The van der Waals surface area contributed by atoms with Crippen LogP contribution in [0.1, 0.15) is 20.7 Å². The average Bonchev–Trinajstić information content (AvgIpc) is 2.72. The molecule has 2 aromatic carbocycles. The summed E-state index contributed by atoms with van der Waals surface area (Å²) in [5.41, 5.74) is 4.71. The third kappa shape index (κ3) is 6.52. The highest BCUT2D eigenvalue weighted by Crippen LogP contribution is 2.17. The van der Waals surface area contributed by atoms with Crippen molar-refractivity contribution in [3.05, 3.63) is 69.8 Å². The van der Waals surface area contributed by atoms with Gasteiger partial charge < -0.3 is 9.47 Å². The topological polar surface area (TPSA) is 132 Å². The Morgan fingerprint density at radius 1 is 1.07 bits per heavy atom. The van der Waals surface area contributed by atoms with Gasteiger partial charge in [-0.1, -0.05) is 18.2 Å². The van der Waals surface area contributed by atoms with E-state index in [0.29, 0.717) is 12.4 Å². The first-order valence-electron chi connectivity index (χ1n) is 8.29. The van der Waals surface area contributed by atoms with E-state index in [-0.39, 0.29) is 28.5 Å². The lowest BCUT2D eigenvalue weighted by molar-refractivity contribution is -0.384. The Morgan fingerprint density at radius 3 is 2.55 bits per heavy atom. The van der Waals surface area contributed by atoms with E-state index >= 15 is 0 Å². The second-order valence-electron chi connectivity index (χ2n) is 5.51. The molecular formula is C18H18N4O6S. The van der Waals surface area contributed by atoms with Gasteiger partial charge in [0.25, 0.3) is 17.5 Å². The molecule has 0 atom stereocenters. The molecule has 0 radical (unpaired) electrons. The molecule has 3 N–H and O–H groups in total. The van der Waals surface area contributed by atoms with E-state index in [4.69, 9.17) is 21.7 Å². The van der Waals surface area contributed by atoms with Gasteiger partial charge in [-0.05, 0) is 30.4 Å². The molecule has 0 aromatic heterocycles. The number of carbonyl (C=O) groups excluding carboxylic acids is 2. The summed E-state index contributed by atoms with van der Waals surface area (Å²) in [5.74, 6) is -0.848. The van der Waals surface area contributed by atoms with Crippen LogP contribution in [0.5, 0.6) is 5.75 Å². The number of non-ortho nitro benzene ring substituents is 1. The lowest BCUT2D eigenvalue weighted by atomic mass is 10.2. The van der Waals surface area contributed by atoms with Gasteiger partial charge in [-0.25, -0.2) is 0 Å². The van der Waals surface area contributed by atoms with Crippen LogP contribution >= 0.6 is 12.2 Å². The van der Waals surface area contributed by atoms with Crippen molar-refractivity contribution in [3.8, 4) is 5.75 Å². The summed E-state index contributed by atoms with van der Waals surface area (Å²) in [6, 6.07) is 11.7. The van der Waals surface area contributed by atoms with E-state index in [9.17, 15) is 19.7 Å². The minimum Gasteiger partial charge on any atom is -0.490 e. The quantitative estimate of drug-likeness (QED) is 0.267. The van der Waals surface area contributed by atoms with Crippen LogP contribution in [0.15, 0.2) is 48.5 Å². The monoisotopic (exact) mass is 418 g/mol. The zero-order chi connectivity index (χ0) is 21.2. The highest BCUT2D eigenvalue weighted by molar-refractivity contribution is 7.80. The summed E-state index contributed by atoms with van der Waals surface area (Å²) >= 11 is 4.99. The minimum atomic E-state index is -0.659. The third-order valence-corrected chi connectivity index (χ3v) is 3.72. The van der Waals surface area contributed by atoms with Gasteiger partial charge in [0, 0.05) is 24.8 Å². The maximum Gasteiger partial charge on any atom is 0.270 e. The van der Waals surface area contributed by atoms with Gasteiger partial charge in [0.2, 0.25) is 0 Å². The van der Waals surface area contributed by atoms with Gasteiger partial charge in [0.15, 0.2) is 5.11 Å². The summed E-state index contributed by atoms with van der Waals surface area (Å²) in [4.78, 5) is 34.7. The lowest BCUT2D eigenvalue weighted by Gasteiger charge is -2.13. The maximum atomic E-state index is 12.4. The number of benzene rings is 2. The second kappa shape index (κ2) is 10.7. The number of nitro groups is 1.